The third-order valence-corrected chi connectivity index (χ3v) is 4.42. The van der Waals surface area contributed by atoms with Gasteiger partial charge in [-0.3, -0.25) is 9.59 Å². The number of amides is 2. The van der Waals surface area contributed by atoms with Crippen LogP contribution in [0.2, 0.25) is 5.02 Å². The lowest BCUT2D eigenvalue weighted by molar-refractivity contribution is -0.123. The minimum atomic E-state index is -1.08. The lowest BCUT2D eigenvalue weighted by atomic mass is 9.97. The van der Waals surface area contributed by atoms with E-state index in [0.29, 0.717) is 16.5 Å². The number of benzene rings is 2. The summed E-state index contributed by atoms with van der Waals surface area (Å²) in [4.78, 5) is 25.8. The molecule has 0 aliphatic carbocycles. The molecule has 0 spiro atoms. The molecule has 1 aliphatic rings. The van der Waals surface area contributed by atoms with E-state index in [-0.39, 0.29) is 30.5 Å². The van der Waals surface area contributed by atoms with Crippen LogP contribution in [0.3, 0.4) is 0 Å². The summed E-state index contributed by atoms with van der Waals surface area (Å²) in [6.07, 6.45) is 0. The SMILES string of the molecule is COc1ccc(NC(=O)C2CN(C(=O)c3ccc(F)c(F)c3)C2)cc1Cl. The van der Waals surface area contributed by atoms with E-state index in [1.807, 2.05) is 0 Å². The fraction of sp³-hybridized carbons (Fsp3) is 0.222. The van der Waals surface area contributed by atoms with E-state index in [2.05, 4.69) is 5.32 Å². The van der Waals surface area contributed by atoms with Gasteiger partial charge in [0.2, 0.25) is 5.91 Å². The number of halogens is 3. The van der Waals surface area contributed by atoms with E-state index < -0.39 is 17.5 Å². The van der Waals surface area contributed by atoms with Gasteiger partial charge >= 0.3 is 0 Å². The standard InChI is InChI=1S/C18H15ClF2N2O3/c1-26-16-5-3-12(7-13(16)19)22-17(24)11-8-23(9-11)18(25)10-2-4-14(20)15(21)6-10/h2-7,11H,8-9H2,1H3,(H,22,24). The van der Waals surface area contributed by atoms with Gasteiger partial charge in [-0.2, -0.15) is 0 Å². The summed E-state index contributed by atoms with van der Waals surface area (Å²) in [7, 11) is 1.49. The molecule has 1 saturated heterocycles. The van der Waals surface area contributed by atoms with Gasteiger partial charge in [0.1, 0.15) is 5.75 Å². The molecule has 8 heteroatoms. The monoisotopic (exact) mass is 380 g/mol. The van der Waals surface area contributed by atoms with Gasteiger partial charge in [0, 0.05) is 24.3 Å². The molecule has 2 aromatic carbocycles. The molecule has 3 rings (SSSR count). The summed E-state index contributed by atoms with van der Waals surface area (Å²) in [6, 6.07) is 7.84. The topological polar surface area (TPSA) is 58.6 Å². The van der Waals surface area contributed by atoms with E-state index in [1.54, 1.807) is 18.2 Å². The molecule has 136 valence electrons. The number of hydrogen-bond acceptors (Lipinski definition) is 3. The zero-order valence-electron chi connectivity index (χ0n) is 13.8. The van der Waals surface area contributed by atoms with Crippen LogP contribution in [-0.2, 0) is 4.79 Å². The van der Waals surface area contributed by atoms with Gasteiger partial charge in [-0.05, 0) is 36.4 Å². The van der Waals surface area contributed by atoms with E-state index in [1.165, 1.54) is 18.1 Å². The van der Waals surface area contributed by atoms with Crippen molar-refractivity contribution in [1.29, 1.82) is 0 Å². The van der Waals surface area contributed by atoms with Gasteiger partial charge in [0.25, 0.3) is 5.91 Å². The van der Waals surface area contributed by atoms with Gasteiger partial charge in [0.15, 0.2) is 11.6 Å². The van der Waals surface area contributed by atoms with Crippen LogP contribution in [0.1, 0.15) is 10.4 Å². The molecular weight excluding hydrogens is 366 g/mol. The first-order chi connectivity index (χ1) is 12.4. The average Bonchev–Trinajstić information content (AvgIpc) is 2.56. The summed E-state index contributed by atoms with van der Waals surface area (Å²) in [5.41, 5.74) is 0.566. The fourth-order valence-electron chi connectivity index (χ4n) is 2.61. The summed E-state index contributed by atoms with van der Waals surface area (Å²) in [5.74, 6) is -2.68. The predicted octanol–water partition coefficient (Wildman–Crippen LogP) is 3.34. The van der Waals surface area contributed by atoms with Crippen molar-refractivity contribution < 1.29 is 23.1 Å². The number of methoxy groups -OCH3 is 1. The minimum Gasteiger partial charge on any atom is -0.495 e. The average molecular weight is 381 g/mol. The van der Waals surface area contributed by atoms with Crippen LogP contribution in [0.5, 0.6) is 5.75 Å². The van der Waals surface area contributed by atoms with Crippen molar-refractivity contribution >= 4 is 29.1 Å². The molecule has 2 amide bonds. The number of rotatable bonds is 4. The number of carbonyl (C=O) groups excluding carboxylic acids is 2. The smallest absolute Gasteiger partial charge is 0.254 e. The van der Waals surface area contributed by atoms with Crippen molar-refractivity contribution in [3.63, 3.8) is 0 Å². The molecule has 26 heavy (non-hydrogen) atoms. The van der Waals surface area contributed by atoms with Crippen molar-refractivity contribution in [2.45, 2.75) is 0 Å². The molecule has 0 atom stereocenters. The number of nitrogens with zero attached hydrogens (tertiary/aromatic N) is 1. The number of carbonyl (C=O) groups is 2. The number of hydrogen-bond donors (Lipinski definition) is 1. The summed E-state index contributed by atoms with van der Waals surface area (Å²) in [6.45, 7) is 0.404. The largest absolute Gasteiger partial charge is 0.495 e. The van der Waals surface area contributed by atoms with Crippen LogP contribution < -0.4 is 10.1 Å². The molecule has 1 N–H and O–H groups in total. The predicted molar refractivity (Wildman–Crippen MR) is 92.4 cm³/mol. The van der Waals surface area contributed by atoms with E-state index >= 15 is 0 Å². The number of nitrogens with one attached hydrogen (secondary N) is 1. The second-order valence-electron chi connectivity index (χ2n) is 5.87. The maximum Gasteiger partial charge on any atom is 0.254 e. The zero-order valence-corrected chi connectivity index (χ0v) is 14.5. The second kappa shape index (κ2) is 7.29. The first-order valence-electron chi connectivity index (χ1n) is 7.77. The number of ether oxygens (including phenoxy) is 1. The second-order valence-corrected chi connectivity index (χ2v) is 6.28. The molecule has 0 unspecified atom stereocenters. The van der Waals surface area contributed by atoms with Gasteiger partial charge in [-0.1, -0.05) is 11.6 Å². The maximum atomic E-state index is 13.2. The highest BCUT2D eigenvalue weighted by molar-refractivity contribution is 6.32. The highest BCUT2D eigenvalue weighted by Gasteiger charge is 2.36. The number of likely N-dealkylation sites (tertiary alicyclic amines) is 1. The van der Waals surface area contributed by atoms with Crippen molar-refractivity contribution in [3.05, 3.63) is 58.6 Å². The lowest BCUT2D eigenvalue weighted by Crippen LogP contribution is -2.54. The fourth-order valence-corrected chi connectivity index (χ4v) is 2.87. The van der Waals surface area contributed by atoms with Crippen LogP contribution in [0.4, 0.5) is 14.5 Å². The van der Waals surface area contributed by atoms with Crippen LogP contribution in [-0.4, -0.2) is 36.9 Å². The molecule has 1 aliphatic heterocycles. The zero-order chi connectivity index (χ0) is 18.8. The molecule has 0 aromatic heterocycles. The quantitative estimate of drug-likeness (QED) is 0.885. The van der Waals surface area contributed by atoms with Gasteiger partial charge in [-0.15, -0.1) is 0 Å². The van der Waals surface area contributed by atoms with Gasteiger partial charge in [-0.25, -0.2) is 8.78 Å². The van der Waals surface area contributed by atoms with Gasteiger partial charge in [0.05, 0.1) is 18.1 Å². The van der Waals surface area contributed by atoms with Crippen LogP contribution in [0, 0.1) is 17.6 Å². The third-order valence-electron chi connectivity index (χ3n) is 4.13. The molecule has 5 nitrogen and oxygen atoms in total. The Morgan fingerprint density at radius 2 is 1.88 bits per heavy atom. The Hall–Kier alpha value is -2.67. The summed E-state index contributed by atoms with van der Waals surface area (Å²) < 4.78 is 31.2. The van der Waals surface area contributed by atoms with E-state index in [4.69, 9.17) is 16.3 Å². The Morgan fingerprint density at radius 3 is 2.50 bits per heavy atom. The Kier molecular flexibility index (Phi) is 5.08. The van der Waals surface area contributed by atoms with Crippen molar-refractivity contribution in [1.82, 2.24) is 4.90 Å². The molecule has 0 saturated carbocycles. The Bertz CT molecular complexity index is 870. The highest BCUT2D eigenvalue weighted by Crippen LogP contribution is 2.28. The first kappa shape index (κ1) is 18.1. The molecule has 0 bridgehead atoms. The molecule has 2 aromatic rings. The maximum absolute atomic E-state index is 13.2. The Labute approximate surface area is 153 Å². The normalized spacial score (nSPS) is 13.9. The van der Waals surface area contributed by atoms with Crippen molar-refractivity contribution in [2.75, 3.05) is 25.5 Å². The Morgan fingerprint density at radius 1 is 1.15 bits per heavy atom. The van der Waals surface area contributed by atoms with Crippen molar-refractivity contribution in [2.24, 2.45) is 5.92 Å². The van der Waals surface area contributed by atoms with Crippen LogP contribution >= 0.6 is 11.6 Å². The molecule has 1 fully saturated rings. The minimum absolute atomic E-state index is 0.0460. The molecule has 0 radical (unpaired) electrons. The third kappa shape index (κ3) is 3.62. The summed E-state index contributed by atoms with van der Waals surface area (Å²) >= 11 is 6.01. The lowest BCUT2D eigenvalue weighted by Gasteiger charge is -2.38. The van der Waals surface area contributed by atoms with E-state index in [0.717, 1.165) is 12.1 Å². The van der Waals surface area contributed by atoms with Crippen molar-refractivity contribution in [3.8, 4) is 5.75 Å². The van der Waals surface area contributed by atoms with E-state index in [9.17, 15) is 18.4 Å². The number of anilines is 1. The van der Waals surface area contributed by atoms with Crippen LogP contribution in [0.15, 0.2) is 36.4 Å². The Balaban J connectivity index is 1.57. The molecular formula is C18H15ClF2N2O3. The first-order valence-corrected chi connectivity index (χ1v) is 8.15. The van der Waals surface area contributed by atoms with Crippen LogP contribution in [0.25, 0.3) is 0 Å². The molecule has 1 heterocycles. The summed E-state index contributed by atoms with van der Waals surface area (Å²) in [5, 5.41) is 3.09. The highest BCUT2D eigenvalue weighted by atomic mass is 35.5. The van der Waals surface area contributed by atoms with Gasteiger partial charge < -0.3 is 15.0 Å².